The molecule has 0 aliphatic heterocycles. The van der Waals surface area contributed by atoms with E-state index < -0.39 is 10.0 Å². The van der Waals surface area contributed by atoms with Crippen LogP contribution in [0.2, 0.25) is 0 Å². The van der Waals surface area contributed by atoms with Crippen LogP contribution >= 0.6 is 0 Å². The van der Waals surface area contributed by atoms with Crippen LogP contribution in [0.1, 0.15) is 52.9 Å². The van der Waals surface area contributed by atoms with Gasteiger partial charge in [0.1, 0.15) is 0 Å². The van der Waals surface area contributed by atoms with Crippen LogP contribution in [0.5, 0.6) is 0 Å². The Kier molecular flexibility index (Phi) is 7.32. The number of hydrogen-bond donors (Lipinski definition) is 1. The SMILES string of the molecule is CCCNCCCCS(=O)(=O)N(CC(C)C)C1CC1. The van der Waals surface area contributed by atoms with Crippen LogP contribution in [0.4, 0.5) is 0 Å². The molecule has 0 unspecified atom stereocenters. The maximum absolute atomic E-state index is 12.3. The van der Waals surface area contributed by atoms with Gasteiger partial charge in [0.2, 0.25) is 10.0 Å². The van der Waals surface area contributed by atoms with Gasteiger partial charge in [-0.25, -0.2) is 8.42 Å². The zero-order valence-electron chi connectivity index (χ0n) is 12.7. The standard InChI is InChI=1S/C14H30N2O2S/c1-4-9-15-10-5-6-11-19(17,18)16(12-13(2)3)14-7-8-14/h13-15H,4-12H2,1-3H3. The molecule has 0 spiro atoms. The van der Waals surface area contributed by atoms with E-state index in [0.29, 0.717) is 24.3 Å². The molecule has 1 N–H and O–H groups in total. The van der Waals surface area contributed by atoms with Crippen LogP contribution < -0.4 is 5.32 Å². The molecule has 0 atom stereocenters. The summed E-state index contributed by atoms with van der Waals surface area (Å²) in [5.74, 6) is 0.714. The smallest absolute Gasteiger partial charge is 0.214 e. The zero-order chi connectivity index (χ0) is 14.3. The first-order valence-electron chi connectivity index (χ1n) is 7.67. The molecule has 5 heteroatoms. The summed E-state index contributed by atoms with van der Waals surface area (Å²) in [6.45, 7) is 8.93. The van der Waals surface area contributed by atoms with E-state index in [1.54, 1.807) is 4.31 Å². The molecule has 19 heavy (non-hydrogen) atoms. The number of unbranched alkanes of at least 4 members (excludes halogenated alkanes) is 1. The zero-order valence-corrected chi connectivity index (χ0v) is 13.5. The molecule has 0 heterocycles. The van der Waals surface area contributed by atoms with Crippen molar-refractivity contribution in [1.82, 2.24) is 9.62 Å². The Morgan fingerprint density at radius 3 is 2.42 bits per heavy atom. The molecule has 0 aromatic carbocycles. The van der Waals surface area contributed by atoms with E-state index in [0.717, 1.165) is 45.2 Å². The van der Waals surface area contributed by atoms with Gasteiger partial charge in [0, 0.05) is 12.6 Å². The molecule has 1 aliphatic rings. The Bertz CT molecular complexity index is 337. The molecule has 1 rings (SSSR count). The molecule has 1 fully saturated rings. The summed E-state index contributed by atoms with van der Waals surface area (Å²) in [5, 5.41) is 3.31. The van der Waals surface area contributed by atoms with Gasteiger partial charge in [-0.15, -0.1) is 0 Å². The lowest BCUT2D eigenvalue weighted by Gasteiger charge is -2.23. The Morgan fingerprint density at radius 1 is 1.21 bits per heavy atom. The fourth-order valence-electron chi connectivity index (χ4n) is 2.17. The summed E-state index contributed by atoms with van der Waals surface area (Å²) >= 11 is 0. The topological polar surface area (TPSA) is 49.4 Å². The van der Waals surface area contributed by atoms with Gasteiger partial charge in [-0.3, -0.25) is 0 Å². The lowest BCUT2D eigenvalue weighted by atomic mass is 10.2. The van der Waals surface area contributed by atoms with Crippen molar-refractivity contribution in [3.63, 3.8) is 0 Å². The van der Waals surface area contributed by atoms with E-state index in [1.165, 1.54) is 0 Å². The molecule has 1 aliphatic carbocycles. The average Bonchev–Trinajstić information content (AvgIpc) is 3.14. The Hall–Kier alpha value is -0.130. The van der Waals surface area contributed by atoms with E-state index in [-0.39, 0.29) is 0 Å². The predicted octanol–water partition coefficient (Wildman–Crippen LogP) is 2.22. The van der Waals surface area contributed by atoms with Crippen LogP contribution in [0.15, 0.2) is 0 Å². The molecule has 1 saturated carbocycles. The molecule has 114 valence electrons. The van der Waals surface area contributed by atoms with Crippen LogP contribution in [0, 0.1) is 5.92 Å². The summed E-state index contributed by atoms with van der Waals surface area (Å²) in [4.78, 5) is 0. The maximum atomic E-state index is 12.3. The van der Waals surface area contributed by atoms with E-state index in [4.69, 9.17) is 0 Å². The van der Waals surface area contributed by atoms with Crippen molar-refractivity contribution >= 4 is 10.0 Å². The third kappa shape index (κ3) is 6.72. The molecule has 0 aromatic heterocycles. The second-order valence-electron chi connectivity index (χ2n) is 5.97. The van der Waals surface area contributed by atoms with Crippen molar-refractivity contribution in [2.24, 2.45) is 5.92 Å². The summed E-state index contributed by atoms with van der Waals surface area (Å²) < 4.78 is 26.4. The summed E-state index contributed by atoms with van der Waals surface area (Å²) in [6.07, 6.45) is 4.93. The van der Waals surface area contributed by atoms with Gasteiger partial charge in [-0.1, -0.05) is 20.8 Å². The molecule has 0 bridgehead atoms. The van der Waals surface area contributed by atoms with Gasteiger partial charge in [0.25, 0.3) is 0 Å². The van der Waals surface area contributed by atoms with E-state index >= 15 is 0 Å². The first kappa shape index (κ1) is 16.9. The van der Waals surface area contributed by atoms with Gasteiger partial charge >= 0.3 is 0 Å². The average molecular weight is 290 g/mol. The van der Waals surface area contributed by atoms with Crippen molar-refractivity contribution in [3.05, 3.63) is 0 Å². The normalized spacial score (nSPS) is 16.5. The van der Waals surface area contributed by atoms with Gasteiger partial charge in [-0.2, -0.15) is 4.31 Å². The highest BCUT2D eigenvalue weighted by Crippen LogP contribution is 2.30. The Balaban J connectivity index is 2.31. The quantitative estimate of drug-likeness (QED) is 0.594. The highest BCUT2D eigenvalue weighted by molar-refractivity contribution is 7.89. The first-order chi connectivity index (χ1) is 8.97. The highest BCUT2D eigenvalue weighted by atomic mass is 32.2. The lowest BCUT2D eigenvalue weighted by molar-refractivity contribution is 0.359. The maximum Gasteiger partial charge on any atom is 0.214 e. The second-order valence-corrected chi connectivity index (χ2v) is 8.01. The molecule has 4 nitrogen and oxygen atoms in total. The Morgan fingerprint density at radius 2 is 1.89 bits per heavy atom. The first-order valence-corrected chi connectivity index (χ1v) is 9.28. The fourth-order valence-corrected chi connectivity index (χ4v) is 4.16. The van der Waals surface area contributed by atoms with Gasteiger partial charge < -0.3 is 5.32 Å². The minimum absolute atomic E-state index is 0.297. The van der Waals surface area contributed by atoms with E-state index in [1.807, 2.05) is 0 Å². The van der Waals surface area contributed by atoms with E-state index in [9.17, 15) is 8.42 Å². The molecule has 0 saturated heterocycles. The van der Waals surface area contributed by atoms with Gasteiger partial charge in [0.15, 0.2) is 0 Å². The van der Waals surface area contributed by atoms with Crippen molar-refractivity contribution in [1.29, 1.82) is 0 Å². The second kappa shape index (κ2) is 8.22. The minimum atomic E-state index is -3.04. The number of sulfonamides is 1. The summed E-state index contributed by atoms with van der Waals surface area (Å²) in [5.41, 5.74) is 0. The summed E-state index contributed by atoms with van der Waals surface area (Å²) in [6, 6.07) is 0.297. The number of rotatable bonds is 11. The summed E-state index contributed by atoms with van der Waals surface area (Å²) in [7, 11) is -3.04. The van der Waals surface area contributed by atoms with Crippen LogP contribution in [0.3, 0.4) is 0 Å². The van der Waals surface area contributed by atoms with Crippen LogP contribution in [-0.4, -0.2) is 44.2 Å². The van der Waals surface area contributed by atoms with Crippen LogP contribution in [-0.2, 0) is 10.0 Å². The largest absolute Gasteiger partial charge is 0.317 e. The number of hydrogen-bond acceptors (Lipinski definition) is 3. The minimum Gasteiger partial charge on any atom is -0.317 e. The molecule has 0 aromatic rings. The fraction of sp³-hybridized carbons (Fsp3) is 1.00. The Labute approximate surface area is 119 Å². The number of nitrogens with zero attached hydrogens (tertiary/aromatic N) is 1. The molecular weight excluding hydrogens is 260 g/mol. The predicted molar refractivity (Wildman–Crippen MR) is 80.7 cm³/mol. The lowest BCUT2D eigenvalue weighted by Crippen LogP contribution is -2.37. The van der Waals surface area contributed by atoms with Crippen molar-refractivity contribution in [2.45, 2.75) is 58.9 Å². The van der Waals surface area contributed by atoms with Crippen molar-refractivity contribution in [3.8, 4) is 0 Å². The van der Waals surface area contributed by atoms with E-state index in [2.05, 4.69) is 26.1 Å². The molecule has 0 amide bonds. The van der Waals surface area contributed by atoms with Gasteiger partial charge in [0.05, 0.1) is 5.75 Å². The van der Waals surface area contributed by atoms with Crippen molar-refractivity contribution < 1.29 is 8.42 Å². The van der Waals surface area contributed by atoms with Gasteiger partial charge in [-0.05, 0) is 51.1 Å². The molecular formula is C14H30N2O2S. The number of nitrogens with one attached hydrogen (secondary N) is 1. The van der Waals surface area contributed by atoms with Crippen LogP contribution in [0.25, 0.3) is 0 Å². The molecule has 0 radical (unpaired) electrons. The highest BCUT2D eigenvalue weighted by Gasteiger charge is 2.36. The van der Waals surface area contributed by atoms with Crippen molar-refractivity contribution in [2.75, 3.05) is 25.4 Å². The third-order valence-corrected chi connectivity index (χ3v) is 5.26. The third-order valence-electron chi connectivity index (χ3n) is 3.29. The monoisotopic (exact) mass is 290 g/mol.